The highest BCUT2D eigenvalue weighted by atomic mass is 16.5. The molecule has 0 amide bonds. The van der Waals surface area contributed by atoms with Gasteiger partial charge in [-0.25, -0.2) is 0 Å². The second kappa shape index (κ2) is 7.81. The van der Waals surface area contributed by atoms with Gasteiger partial charge in [0, 0.05) is 17.3 Å². The van der Waals surface area contributed by atoms with Gasteiger partial charge in [0.25, 0.3) is 0 Å². The van der Waals surface area contributed by atoms with Gasteiger partial charge in [-0.3, -0.25) is 0 Å². The van der Waals surface area contributed by atoms with Gasteiger partial charge in [0.2, 0.25) is 0 Å². The molecule has 0 bridgehead atoms. The molecule has 0 spiro atoms. The van der Waals surface area contributed by atoms with Crippen molar-refractivity contribution in [3.8, 4) is 17.2 Å². The van der Waals surface area contributed by atoms with Gasteiger partial charge in [-0.1, -0.05) is 94.4 Å². The van der Waals surface area contributed by atoms with Crippen LogP contribution in [-0.2, 0) is 17.3 Å². The molecular weight excluding hydrogens is 404 g/mol. The molecule has 4 aromatic carbocycles. The number of benzene rings is 4. The molecular formula is C31H30O2. The Bertz CT molecular complexity index is 1300. The van der Waals surface area contributed by atoms with Gasteiger partial charge < -0.3 is 9.84 Å². The van der Waals surface area contributed by atoms with Crippen molar-refractivity contribution in [3.05, 3.63) is 124 Å². The highest BCUT2D eigenvalue weighted by molar-refractivity contribution is 5.55. The van der Waals surface area contributed by atoms with Crippen LogP contribution >= 0.6 is 0 Å². The second-order valence-corrected chi connectivity index (χ2v) is 10.1. The fourth-order valence-corrected chi connectivity index (χ4v) is 4.80. The third kappa shape index (κ3) is 3.80. The second-order valence-electron chi connectivity index (χ2n) is 10.1. The number of phenolic OH excluding ortho intramolecular Hbond substituents is 1. The fourth-order valence-electron chi connectivity index (χ4n) is 4.80. The largest absolute Gasteiger partial charge is 0.508 e. The molecule has 33 heavy (non-hydrogen) atoms. The number of fused-ring (bicyclic) bond motifs is 2. The summed E-state index contributed by atoms with van der Waals surface area (Å²) in [7, 11) is 0. The van der Waals surface area contributed by atoms with Crippen LogP contribution in [0.25, 0.3) is 0 Å². The van der Waals surface area contributed by atoms with Crippen LogP contribution in [0.2, 0.25) is 0 Å². The number of phenols is 1. The van der Waals surface area contributed by atoms with Crippen molar-refractivity contribution in [1.82, 2.24) is 0 Å². The molecule has 2 heteroatoms. The minimum Gasteiger partial charge on any atom is -0.508 e. The highest BCUT2D eigenvalue weighted by Gasteiger charge is 2.28. The van der Waals surface area contributed by atoms with Crippen LogP contribution in [-0.4, -0.2) is 5.11 Å². The Hall–Kier alpha value is -3.52. The van der Waals surface area contributed by atoms with E-state index in [1.54, 1.807) is 12.1 Å². The molecule has 5 rings (SSSR count). The predicted octanol–water partition coefficient (Wildman–Crippen LogP) is 7.74. The van der Waals surface area contributed by atoms with E-state index in [9.17, 15) is 5.11 Å². The Kier molecular flexibility index (Phi) is 5.05. The summed E-state index contributed by atoms with van der Waals surface area (Å²) in [5.74, 6) is 2.17. The zero-order valence-corrected chi connectivity index (χ0v) is 19.7. The SMILES string of the molecule is CC(C)(c1ccccc1)c1ccc2c(c1)Cc1cc(C(C)(C)c3ccc(O)cc3)ccc1O2. The molecule has 1 aliphatic rings. The maximum absolute atomic E-state index is 9.68. The molecule has 1 aliphatic heterocycles. The quantitative estimate of drug-likeness (QED) is 0.313. The lowest BCUT2D eigenvalue weighted by molar-refractivity contribution is 0.458. The summed E-state index contributed by atoms with van der Waals surface area (Å²) in [6, 6.07) is 31.3. The average Bonchev–Trinajstić information content (AvgIpc) is 2.82. The molecule has 0 atom stereocenters. The van der Waals surface area contributed by atoms with Crippen LogP contribution in [0.5, 0.6) is 17.2 Å². The molecule has 0 saturated heterocycles. The topological polar surface area (TPSA) is 29.5 Å². The van der Waals surface area contributed by atoms with Crippen molar-refractivity contribution in [2.45, 2.75) is 44.9 Å². The van der Waals surface area contributed by atoms with Gasteiger partial charge in [-0.15, -0.1) is 0 Å². The van der Waals surface area contributed by atoms with Gasteiger partial charge in [-0.05, 0) is 57.6 Å². The van der Waals surface area contributed by atoms with Gasteiger partial charge in [0.15, 0.2) is 0 Å². The molecule has 166 valence electrons. The maximum Gasteiger partial charge on any atom is 0.130 e. The number of rotatable bonds is 4. The van der Waals surface area contributed by atoms with Crippen molar-refractivity contribution >= 4 is 0 Å². The number of hydrogen-bond donors (Lipinski definition) is 1. The van der Waals surface area contributed by atoms with Gasteiger partial charge >= 0.3 is 0 Å². The third-order valence-corrected chi connectivity index (χ3v) is 7.25. The summed E-state index contributed by atoms with van der Waals surface area (Å²) in [6.45, 7) is 9.00. The molecule has 1 heterocycles. The van der Waals surface area contributed by atoms with Crippen molar-refractivity contribution in [3.63, 3.8) is 0 Å². The van der Waals surface area contributed by atoms with E-state index in [-0.39, 0.29) is 10.8 Å². The first-order valence-electron chi connectivity index (χ1n) is 11.5. The van der Waals surface area contributed by atoms with E-state index in [0.717, 1.165) is 17.9 Å². The minimum atomic E-state index is -0.180. The van der Waals surface area contributed by atoms with Crippen molar-refractivity contribution < 1.29 is 9.84 Å². The van der Waals surface area contributed by atoms with E-state index in [2.05, 4.69) is 94.4 Å². The lowest BCUT2D eigenvalue weighted by Gasteiger charge is -2.30. The van der Waals surface area contributed by atoms with E-state index in [1.807, 2.05) is 12.1 Å². The summed E-state index contributed by atoms with van der Waals surface area (Å²) < 4.78 is 6.31. The van der Waals surface area contributed by atoms with Crippen LogP contribution in [0.4, 0.5) is 0 Å². The molecule has 4 aromatic rings. The monoisotopic (exact) mass is 434 g/mol. The maximum atomic E-state index is 9.68. The van der Waals surface area contributed by atoms with Crippen molar-refractivity contribution in [1.29, 1.82) is 0 Å². The predicted molar refractivity (Wildman–Crippen MR) is 135 cm³/mol. The first kappa shape index (κ1) is 21.3. The Labute approximate surface area is 196 Å². The minimum absolute atomic E-state index is 0.0841. The van der Waals surface area contributed by atoms with Crippen molar-refractivity contribution in [2.75, 3.05) is 0 Å². The summed E-state index contributed by atoms with van der Waals surface area (Å²) >= 11 is 0. The number of hydrogen-bond acceptors (Lipinski definition) is 2. The Morgan fingerprint density at radius 2 is 1.03 bits per heavy atom. The van der Waals surface area contributed by atoms with Crippen LogP contribution < -0.4 is 4.74 Å². The van der Waals surface area contributed by atoms with Crippen LogP contribution in [0.1, 0.15) is 61.1 Å². The summed E-state index contributed by atoms with van der Waals surface area (Å²) in [5, 5.41) is 9.68. The van der Waals surface area contributed by atoms with Gasteiger partial charge in [0.05, 0.1) is 0 Å². The van der Waals surface area contributed by atoms with E-state index < -0.39 is 0 Å². The smallest absolute Gasteiger partial charge is 0.130 e. The Balaban J connectivity index is 1.48. The molecule has 0 unspecified atom stereocenters. The molecule has 1 N–H and O–H groups in total. The van der Waals surface area contributed by atoms with E-state index in [0.29, 0.717) is 5.75 Å². The molecule has 2 nitrogen and oxygen atoms in total. The van der Waals surface area contributed by atoms with Crippen molar-refractivity contribution in [2.24, 2.45) is 0 Å². The summed E-state index contributed by atoms with van der Waals surface area (Å²) in [6.07, 6.45) is 0.850. The Morgan fingerprint density at radius 3 is 1.55 bits per heavy atom. The molecule has 0 aromatic heterocycles. The van der Waals surface area contributed by atoms with E-state index in [1.165, 1.54) is 33.4 Å². The standard InChI is InChI=1S/C31H30O2/c1-30(2,23-8-6-5-7-9-23)25-12-16-28-21(19-25)18-22-20-26(13-17-29(22)33-28)31(3,4)24-10-14-27(32)15-11-24/h5-17,19-20,32H,18H2,1-4H3. The lowest BCUT2D eigenvalue weighted by Crippen LogP contribution is -2.20. The van der Waals surface area contributed by atoms with Crippen LogP contribution in [0.3, 0.4) is 0 Å². The Morgan fingerprint density at radius 1 is 0.576 bits per heavy atom. The highest BCUT2D eigenvalue weighted by Crippen LogP contribution is 2.42. The normalized spacial score (nSPS) is 13.1. The summed E-state index contributed by atoms with van der Waals surface area (Å²) in [4.78, 5) is 0. The van der Waals surface area contributed by atoms with Crippen LogP contribution in [0, 0.1) is 0 Å². The number of aromatic hydroxyl groups is 1. The average molecular weight is 435 g/mol. The van der Waals surface area contributed by atoms with Crippen LogP contribution in [0.15, 0.2) is 91.0 Å². The summed E-state index contributed by atoms with van der Waals surface area (Å²) in [5.41, 5.74) is 7.17. The molecule has 0 radical (unpaired) electrons. The molecule has 0 aliphatic carbocycles. The van der Waals surface area contributed by atoms with E-state index in [4.69, 9.17) is 4.74 Å². The van der Waals surface area contributed by atoms with E-state index >= 15 is 0 Å². The first-order valence-corrected chi connectivity index (χ1v) is 11.5. The van der Waals surface area contributed by atoms with Gasteiger partial charge in [-0.2, -0.15) is 0 Å². The van der Waals surface area contributed by atoms with Gasteiger partial charge in [0.1, 0.15) is 17.2 Å². The zero-order chi connectivity index (χ0) is 23.2. The third-order valence-electron chi connectivity index (χ3n) is 7.25. The fraction of sp³-hybridized carbons (Fsp3) is 0.226. The molecule has 0 fully saturated rings. The number of ether oxygens (including phenoxy) is 1. The zero-order valence-electron chi connectivity index (χ0n) is 19.7. The first-order chi connectivity index (χ1) is 15.7. The molecule has 0 saturated carbocycles. The lowest BCUT2D eigenvalue weighted by atomic mass is 9.76.